The maximum absolute atomic E-state index is 13.5. The zero-order valence-corrected chi connectivity index (χ0v) is 13.3. The van der Waals surface area contributed by atoms with Gasteiger partial charge in [-0.05, 0) is 37.5 Å². The second-order valence-corrected chi connectivity index (χ2v) is 7.06. The molecule has 0 spiro atoms. The van der Waals surface area contributed by atoms with Gasteiger partial charge in [0.1, 0.15) is 5.82 Å². The van der Waals surface area contributed by atoms with Crippen LogP contribution < -0.4 is 5.73 Å². The molecule has 0 radical (unpaired) electrons. The van der Waals surface area contributed by atoms with Crippen LogP contribution >= 0.6 is 0 Å². The van der Waals surface area contributed by atoms with Crippen molar-refractivity contribution in [2.75, 3.05) is 19.3 Å². The van der Waals surface area contributed by atoms with E-state index in [4.69, 9.17) is 5.73 Å². The molecule has 0 aliphatic rings. The summed E-state index contributed by atoms with van der Waals surface area (Å²) < 4.78 is 40.0. The van der Waals surface area contributed by atoms with E-state index < -0.39 is 15.8 Å². The Hall–Kier alpha value is -1.14. The van der Waals surface area contributed by atoms with Crippen molar-refractivity contribution in [2.24, 2.45) is 0 Å². The zero-order chi connectivity index (χ0) is 15.5. The fraction of sp³-hybridized carbons (Fsp3) is 0.571. The summed E-state index contributed by atoms with van der Waals surface area (Å²) in [6, 6.07) is 1.18. The molecule has 0 saturated carbocycles. The predicted octanol–water partition coefficient (Wildman–Crippen LogP) is 2.84. The number of anilines is 1. The largest absolute Gasteiger partial charge is 0.396 e. The summed E-state index contributed by atoms with van der Waals surface area (Å²) in [6.45, 7) is 5.64. The maximum atomic E-state index is 13.5. The summed E-state index contributed by atoms with van der Waals surface area (Å²) in [7, 11) is -2.09. The molecule has 0 aliphatic heterocycles. The molecule has 0 atom stereocenters. The van der Waals surface area contributed by atoms with E-state index in [0.717, 1.165) is 19.3 Å². The maximum Gasteiger partial charge on any atom is 0.243 e. The van der Waals surface area contributed by atoms with Crippen LogP contribution in [-0.4, -0.2) is 26.3 Å². The van der Waals surface area contributed by atoms with Gasteiger partial charge in [0.15, 0.2) is 0 Å². The summed E-state index contributed by atoms with van der Waals surface area (Å²) >= 11 is 0. The Morgan fingerprint density at radius 1 is 1.30 bits per heavy atom. The van der Waals surface area contributed by atoms with E-state index in [1.807, 2.05) is 0 Å². The molecule has 1 rings (SSSR count). The molecule has 0 heterocycles. The summed E-state index contributed by atoms with van der Waals surface area (Å²) in [5.74, 6) is -0.576. The summed E-state index contributed by atoms with van der Waals surface area (Å²) in [6.07, 6.45) is 2.81. The van der Waals surface area contributed by atoms with Crippen LogP contribution in [0.5, 0.6) is 0 Å². The SMILES string of the molecule is CCCCCN(C)S(=O)(=O)c1c(C)cc(F)c(N)c1C. The van der Waals surface area contributed by atoms with Gasteiger partial charge in [-0.25, -0.2) is 17.1 Å². The van der Waals surface area contributed by atoms with Gasteiger partial charge in [0.2, 0.25) is 10.0 Å². The molecule has 0 bridgehead atoms. The highest BCUT2D eigenvalue weighted by atomic mass is 32.2. The van der Waals surface area contributed by atoms with Crippen LogP contribution in [0.2, 0.25) is 0 Å². The number of nitrogens with two attached hydrogens (primary N) is 1. The number of hydrogen-bond acceptors (Lipinski definition) is 3. The average Bonchev–Trinajstić information content (AvgIpc) is 2.35. The highest BCUT2D eigenvalue weighted by molar-refractivity contribution is 7.89. The number of unbranched alkanes of at least 4 members (excludes halogenated alkanes) is 2. The number of benzene rings is 1. The third-order valence-electron chi connectivity index (χ3n) is 3.45. The van der Waals surface area contributed by atoms with Crippen molar-refractivity contribution in [1.29, 1.82) is 0 Å². The highest BCUT2D eigenvalue weighted by Gasteiger charge is 2.26. The van der Waals surface area contributed by atoms with Crippen LogP contribution in [0.15, 0.2) is 11.0 Å². The first-order valence-electron chi connectivity index (χ1n) is 6.75. The van der Waals surface area contributed by atoms with Crippen LogP contribution in [0.3, 0.4) is 0 Å². The Morgan fingerprint density at radius 3 is 2.45 bits per heavy atom. The Labute approximate surface area is 120 Å². The van der Waals surface area contributed by atoms with Gasteiger partial charge < -0.3 is 5.73 Å². The second-order valence-electron chi connectivity index (χ2n) is 5.08. The fourth-order valence-corrected chi connectivity index (χ4v) is 3.83. The molecule has 0 aliphatic carbocycles. The number of rotatable bonds is 6. The van der Waals surface area contributed by atoms with Gasteiger partial charge in [-0.1, -0.05) is 19.8 Å². The van der Waals surface area contributed by atoms with E-state index in [-0.39, 0.29) is 16.1 Å². The topological polar surface area (TPSA) is 63.4 Å². The molecule has 114 valence electrons. The van der Waals surface area contributed by atoms with Crippen LogP contribution in [0, 0.1) is 19.7 Å². The minimum absolute atomic E-state index is 0.101. The van der Waals surface area contributed by atoms with Crippen molar-refractivity contribution in [2.45, 2.75) is 44.9 Å². The van der Waals surface area contributed by atoms with Gasteiger partial charge in [-0.3, -0.25) is 0 Å². The monoisotopic (exact) mass is 302 g/mol. The van der Waals surface area contributed by atoms with Crippen molar-refractivity contribution in [1.82, 2.24) is 4.31 Å². The zero-order valence-electron chi connectivity index (χ0n) is 12.5. The molecular weight excluding hydrogens is 279 g/mol. The number of sulfonamides is 1. The van der Waals surface area contributed by atoms with E-state index in [1.165, 1.54) is 17.3 Å². The number of hydrogen-bond donors (Lipinski definition) is 1. The van der Waals surface area contributed by atoms with Gasteiger partial charge in [0, 0.05) is 13.6 Å². The summed E-state index contributed by atoms with van der Waals surface area (Å²) in [4.78, 5) is 0.121. The molecule has 20 heavy (non-hydrogen) atoms. The molecule has 0 amide bonds. The molecule has 4 nitrogen and oxygen atoms in total. The van der Waals surface area contributed by atoms with Gasteiger partial charge in [-0.2, -0.15) is 0 Å². The standard InChI is InChI=1S/C14H23FN2O2S/c1-5-6-7-8-17(4)20(18,19)14-10(2)9-12(15)13(16)11(14)3/h9H,5-8,16H2,1-4H3. The number of halogens is 1. The van der Waals surface area contributed by atoms with Crippen LogP contribution in [0.25, 0.3) is 0 Å². The highest BCUT2D eigenvalue weighted by Crippen LogP contribution is 2.29. The second kappa shape index (κ2) is 6.54. The lowest BCUT2D eigenvalue weighted by Gasteiger charge is -2.21. The Bertz CT molecular complexity index is 585. The van der Waals surface area contributed by atoms with E-state index in [1.54, 1.807) is 14.0 Å². The smallest absolute Gasteiger partial charge is 0.243 e. The van der Waals surface area contributed by atoms with Gasteiger partial charge >= 0.3 is 0 Å². The van der Waals surface area contributed by atoms with Crippen LogP contribution in [-0.2, 0) is 10.0 Å². The normalized spacial score (nSPS) is 12.1. The predicted molar refractivity (Wildman–Crippen MR) is 79.6 cm³/mol. The van der Waals surface area contributed by atoms with Gasteiger partial charge in [0.25, 0.3) is 0 Å². The van der Waals surface area contributed by atoms with Crippen LogP contribution in [0.1, 0.15) is 37.3 Å². The van der Waals surface area contributed by atoms with Gasteiger partial charge in [0.05, 0.1) is 10.6 Å². The van der Waals surface area contributed by atoms with E-state index in [2.05, 4.69) is 6.92 Å². The first-order valence-corrected chi connectivity index (χ1v) is 8.19. The number of nitrogens with zero attached hydrogens (tertiary/aromatic N) is 1. The molecule has 1 aromatic carbocycles. The Morgan fingerprint density at radius 2 is 1.90 bits per heavy atom. The van der Waals surface area contributed by atoms with Crippen molar-refractivity contribution in [3.05, 3.63) is 23.0 Å². The third kappa shape index (κ3) is 3.30. The van der Waals surface area contributed by atoms with Crippen LogP contribution in [0.4, 0.5) is 10.1 Å². The lowest BCUT2D eigenvalue weighted by molar-refractivity contribution is 0.453. The van der Waals surface area contributed by atoms with E-state index >= 15 is 0 Å². The first-order chi connectivity index (χ1) is 9.23. The molecule has 0 aromatic heterocycles. The Kier molecular flexibility index (Phi) is 5.53. The molecule has 6 heteroatoms. The van der Waals surface area contributed by atoms with Gasteiger partial charge in [-0.15, -0.1) is 0 Å². The fourth-order valence-electron chi connectivity index (χ4n) is 2.19. The molecular formula is C14H23FN2O2S. The summed E-state index contributed by atoms with van der Waals surface area (Å²) in [5.41, 5.74) is 6.18. The molecule has 1 aromatic rings. The molecule has 0 saturated heterocycles. The number of nitrogen functional groups attached to an aromatic ring is 1. The average molecular weight is 302 g/mol. The summed E-state index contributed by atoms with van der Waals surface area (Å²) in [5, 5.41) is 0. The van der Waals surface area contributed by atoms with Crippen molar-refractivity contribution < 1.29 is 12.8 Å². The lowest BCUT2D eigenvalue weighted by Crippen LogP contribution is -2.29. The minimum atomic E-state index is -3.63. The third-order valence-corrected chi connectivity index (χ3v) is 5.60. The Balaban J connectivity index is 3.19. The lowest BCUT2D eigenvalue weighted by atomic mass is 10.1. The number of aryl methyl sites for hydroxylation is 1. The van der Waals surface area contributed by atoms with E-state index in [9.17, 15) is 12.8 Å². The van der Waals surface area contributed by atoms with Crippen molar-refractivity contribution in [3.63, 3.8) is 0 Å². The van der Waals surface area contributed by atoms with Crippen molar-refractivity contribution >= 4 is 15.7 Å². The van der Waals surface area contributed by atoms with Crippen molar-refractivity contribution in [3.8, 4) is 0 Å². The quantitative estimate of drug-likeness (QED) is 0.649. The first kappa shape index (κ1) is 16.9. The van der Waals surface area contributed by atoms with E-state index in [0.29, 0.717) is 12.1 Å². The minimum Gasteiger partial charge on any atom is -0.396 e. The molecule has 2 N–H and O–H groups in total. The molecule has 0 unspecified atom stereocenters. The molecule has 0 fully saturated rings.